The number of likely N-dealkylation sites (tertiary alicyclic amines) is 1. The number of nitrogens with zero attached hydrogens (tertiary/aromatic N) is 4. The Bertz CT molecular complexity index is 882. The standard InChI is InChI=1S/C27H36N4O2/c32-26(30-18-16-29(17-19-30)21-24-6-2-1-3-7-24)13-11-25-9-5-15-31(22-25)27(33)12-10-23-8-4-14-28-20-23/h1-4,6-8,14,20,25H,5,9-13,15-19,21-22H2. The number of hydrogen-bond donors (Lipinski definition) is 0. The summed E-state index contributed by atoms with van der Waals surface area (Å²) >= 11 is 0. The lowest BCUT2D eigenvalue weighted by atomic mass is 9.92. The van der Waals surface area contributed by atoms with Crippen molar-refractivity contribution in [3.63, 3.8) is 0 Å². The fourth-order valence-corrected chi connectivity index (χ4v) is 4.97. The van der Waals surface area contributed by atoms with Crippen LogP contribution >= 0.6 is 0 Å². The lowest BCUT2D eigenvalue weighted by molar-refractivity contribution is -0.134. The topological polar surface area (TPSA) is 56.8 Å². The summed E-state index contributed by atoms with van der Waals surface area (Å²) < 4.78 is 0. The minimum Gasteiger partial charge on any atom is -0.342 e. The molecule has 4 rings (SSSR count). The summed E-state index contributed by atoms with van der Waals surface area (Å²) in [6.45, 7) is 6.09. The number of hydrogen-bond acceptors (Lipinski definition) is 4. The van der Waals surface area contributed by atoms with E-state index in [4.69, 9.17) is 0 Å². The molecule has 0 saturated carbocycles. The van der Waals surface area contributed by atoms with Crippen molar-refractivity contribution in [3.05, 3.63) is 66.0 Å². The summed E-state index contributed by atoms with van der Waals surface area (Å²) in [5.74, 6) is 0.934. The number of benzene rings is 1. The van der Waals surface area contributed by atoms with Crippen LogP contribution in [0.5, 0.6) is 0 Å². The molecule has 2 amide bonds. The van der Waals surface area contributed by atoms with Crippen molar-refractivity contribution in [2.24, 2.45) is 5.92 Å². The van der Waals surface area contributed by atoms with E-state index in [0.29, 0.717) is 18.8 Å². The van der Waals surface area contributed by atoms with Gasteiger partial charge in [0.15, 0.2) is 0 Å². The minimum atomic E-state index is 0.226. The second-order valence-corrected chi connectivity index (χ2v) is 9.39. The van der Waals surface area contributed by atoms with E-state index in [9.17, 15) is 9.59 Å². The van der Waals surface area contributed by atoms with E-state index < -0.39 is 0 Å². The first-order valence-electron chi connectivity index (χ1n) is 12.4. The van der Waals surface area contributed by atoms with Crippen molar-refractivity contribution in [2.45, 2.75) is 45.1 Å². The van der Waals surface area contributed by atoms with Crippen LogP contribution in [-0.4, -0.2) is 70.8 Å². The van der Waals surface area contributed by atoms with E-state index in [1.165, 1.54) is 5.56 Å². The molecule has 176 valence electrons. The van der Waals surface area contributed by atoms with E-state index >= 15 is 0 Å². The van der Waals surface area contributed by atoms with Gasteiger partial charge >= 0.3 is 0 Å². The van der Waals surface area contributed by atoms with Gasteiger partial charge in [-0.1, -0.05) is 36.4 Å². The van der Waals surface area contributed by atoms with Gasteiger partial charge in [0.25, 0.3) is 0 Å². The molecule has 2 aliphatic rings. The van der Waals surface area contributed by atoms with E-state index in [1.54, 1.807) is 6.20 Å². The Morgan fingerprint density at radius 1 is 0.848 bits per heavy atom. The van der Waals surface area contributed by atoms with Crippen LogP contribution in [-0.2, 0) is 22.6 Å². The van der Waals surface area contributed by atoms with Gasteiger partial charge in [0.05, 0.1) is 0 Å². The SMILES string of the molecule is O=C(CCC1CCCN(C(=O)CCc2cccnc2)C1)N1CCN(Cc2ccccc2)CC1. The van der Waals surface area contributed by atoms with Crippen molar-refractivity contribution in [1.29, 1.82) is 0 Å². The van der Waals surface area contributed by atoms with Crippen LogP contribution < -0.4 is 0 Å². The fraction of sp³-hybridized carbons (Fsp3) is 0.519. The van der Waals surface area contributed by atoms with Gasteiger partial charge in [0.2, 0.25) is 11.8 Å². The van der Waals surface area contributed by atoms with Gasteiger partial charge in [-0.2, -0.15) is 0 Å². The zero-order valence-electron chi connectivity index (χ0n) is 19.6. The zero-order valence-corrected chi connectivity index (χ0v) is 19.6. The third kappa shape index (κ3) is 7.13. The van der Waals surface area contributed by atoms with Crippen molar-refractivity contribution < 1.29 is 9.59 Å². The van der Waals surface area contributed by atoms with Gasteiger partial charge in [0, 0.05) is 71.0 Å². The third-order valence-electron chi connectivity index (χ3n) is 6.96. The van der Waals surface area contributed by atoms with Crippen molar-refractivity contribution in [1.82, 2.24) is 19.7 Å². The van der Waals surface area contributed by atoms with Crippen LogP contribution in [0.2, 0.25) is 0 Å². The number of amides is 2. The molecule has 33 heavy (non-hydrogen) atoms. The number of piperidine rings is 1. The Morgan fingerprint density at radius 3 is 2.36 bits per heavy atom. The molecule has 1 aromatic heterocycles. The maximum Gasteiger partial charge on any atom is 0.222 e. The monoisotopic (exact) mass is 448 g/mol. The average Bonchev–Trinajstić information content (AvgIpc) is 2.88. The molecule has 3 heterocycles. The van der Waals surface area contributed by atoms with Crippen LogP contribution in [0, 0.1) is 5.92 Å². The van der Waals surface area contributed by atoms with Crippen LogP contribution in [0.25, 0.3) is 0 Å². The molecule has 0 radical (unpaired) electrons. The highest BCUT2D eigenvalue weighted by atomic mass is 16.2. The van der Waals surface area contributed by atoms with Gasteiger partial charge in [-0.3, -0.25) is 19.5 Å². The minimum absolute atomic E-state index is 0.226. The molecule has 0 N–H and O–H groups in total. The molecule has 2 aliphatic heterocycles. The Kier molecular flexibility index (Phi) is 8.47. The second-order valence-electron chi connectivity index (χ2n) is 9.39. The number of carbonyl (C=O) groups is 2. The highest BCUT2D eigenvalue weighted by molar-refractivity contribution is 5.77. The lowest BCUT2D eigenvalue weighted by Crippen LogP contribution is -2.48. The van der Waals surface area contributed by atoms with Crippen LogP contribution in [0.15, 0.2) is 54.9 Å². The average molecular weight is 449 g/mol. The number of carbonyl (C=O) groups excluding carboxylic acids is 2. The molecule has 2 fully saturated rings. The van der Waals surface area contributed by atoms with Crippen molar-refractivity contribution in [3.8, 4) is 0 Å². The number of aryl methyl sites for hydroxylation is 1. The summed E-state index contributed by atoms with van der Waals surface area (Å²) in [5, 5.41) is 0. The molecule has 2 aromatic rings. The largest absolute Gasteiger partial charge is 0.342 e. The normalized spacial score (nSPS) is 19.5. The van der Waals surface area contributed by atoms with Gasteiger partial charge < -0.3 is 9.80 Å². The summed E-state index contributed by atoms with van der Waals surface area (Å²) in [5.41, 5.74) is 2.43. The molecule has 0 bridgehead atoms. The van der Waals surface area contributed by atoms with Gasteiger partial charge in [-0.15, -0.1) is 0 Å². The Balaban J connectivity index is 1.15. The van der Waals surface area contributed by atoms with Crippen LogP contribution in [0.4, 0.5) is 0 Å². The summed E-state index contributed by atoms with van der Waals surface area (Å²) in [6.07, 6.45) is 8.50. The van der Waals surface area contributed by atoms with Crippen molar-refractivity contribution in [2.75, 3.05) is 39.3 Å². The third-order valence-corrected chi connectivity index (χ3v) is 6.96. The highest BCUT2D eigenvalue weighted by Gasteiger charge is 2.26. The van der Waals surface area contributed by atoms with Crippen LogP contribution in [0.3, 0.4) is 0 Å². The zero-order chi connectivity index (χ0) is 22.9. The fourth-order valence-electron chi connectivity index (χ4n) is 4.97. The number of pyridine rings is 1. The predicted octanol–water partition coefficient (Wildman–Crippen LogP) is 3.38. The lowest BCUT2D eigenvalue weighted by Gasteiger charge is -2.36. The predicted molar refractivity (Wildman–Crippen MR) is 129 cm³/mol. The summed E-state index contributed by atoms with van der Waals surface area (Å²) in [4.78, 5) is 36.1. The van der Waals surface area contributed by atoms with E-state index in [0.717, 1.165) is 77.1 Å². The molecular formula is C27H36N4O2. The van der Waals surface area contributed by atoms with Gasteiger partial charge in [-0.25, -0.2) is 0 Å². The van der Waals surface area contributed by atoms with E-state index in [2.05, 4.69) is 34.1 Å². The quantitative estimate of drug-likeness (QED) is 0.621. The molecular weight excluding hydrogens is 412 g/mol. The molecule has 1 aromatic carbocycles. The molecule has 2 saturated heterocycles. The molecule has 6 nitrogen and oxygen atoms in total. The molecule has 1 unspecified atom stereocenters. The number of rotatable bonds is 8. The van der Waals surface area contributed by atoms with Crippen molar-refractivity contribution >= 4 is 11.8 Å². The first-order chi connectivity index (χ1) is 16.2. The van der Waals surface area contributed by atoms with E-state index in [1.807, 2.05) is 34.2 Å². The maximum atomic E-state index is 12.8. The Hall–Kier alpha value is -2.73. The highest BCUT2D eigenvalue weighted by Crippen LogP contribution is 2.23. The van der Waals surface area contributed by atoms with Gasteiger partial charge in [-0.05, 0) is 48.8 Å². The smallest absolute Gasteiger partial charge is 0.222 e. The number of aromatic nitrogens is 1. The van der Waals surface area contributed by atoms with Gasteiger partial charge in [0.1, 0.15) is 0 Å². The van der Waals surface area contributed by atoms with E-state index in [-0.39, 0.29) is 11.8 Å². The molecule has 6 heteroatoms. The second kappa shape index (κ2) is 11.9. The Labute approximate surface area is 197 Å². The van der Waals surface area contributed by atoms with Crippen LogP contribution in [0.1, 0.15) is 43.2 Å². The molecule has 0 aliphatic carbocycles. The maximum absolute atomic E-state index is 12.8. The first kappa shape index (κ1) is 23.4. The number of piperazine rings is 1. The molecule has 1 atom stereocenters. The summed E-state index contributed by atoms with van der Waals surface area (Å²) in [7, 11) is 0. The summed E-state index contributed by atoms with van der Waals surface area (Å²) in [6, 6.07) is 14.5. The first-order valence-corrected chi connectivity index (χ1v) is 12.4. The Morgan fingerprint density at radius 2 is 1.61 bits per heavy atom. The molecule has 0 spiro atoms.